The van der Waals surface area contributed by atoms with Crippen molar-refractivity contribution in [3.05, 3.63) is 35.4 Å². The Labute approximate surface area is 187 Å². The van der Waals surface area contributed by atoms with Gasteiger partial charge >= 0.3 is 0 Å². The zero-order valence-corrected chi connectivity index (χ0v) is 19.7. The second kappa shape index (κ2) is 16.0. The number of ether oxygens (including phenoxy) is 2. The smallest absolute Gasteiger partial charge is 0.191 e. The van der Waals surface area contributed by atoms with Crippen LogP contribution in [0.5, 0.6) is 0 Å². The lowest BCUT2D eigenvalue weighted by Crippen LogP contribution is -2.38. The molecule has 6 nitrogen and oxygen atoms in total. The van der Waals surface area contributed by atoms with Crippen molar-refractivity contribution in [2.75, 3.05) is 53.6 Å². The predicted molar refractivity (Wildman–Crippen MR) is 126 cm³/mol. The van der Waals surface area contributed by atoms with Gasteiger partial charge in [0, 0.05) is 40.4 Å². The summed E-state index contributed by atoms with van der Waals surface area (Å²) in [6.45, 7) is 7.13. The molecule has 0 spiro atoms. The Morgan fingerprint density at radius 1 is 1.04 bits per heavy atom. The van der Waals surface area contributed by atoms with Gasteiger partial charge in [0.25, 0.3) is 0 Å². The number of piperidine rings is 1. The summed E-state index contributed by atoms with van der Waals surface area (Å²) < 4.78 is 10.4. The maximum Gasteiger partial charge on any atom is 0.191 e. The monoisotopic (exact) mass is 504 g/mol. The third kappa shape index (κ3) is 10.0. The van der Waals surface area contributed by atoms with Gasteiger partial charge in [-0.25, -0.2) is 0 Å². The highest BCUT2D eigenvalue weighted by molar-refractivity contribution is 14.0. The summed E-state index contributed by atoms with van der Waals surface area (Å²) in [6, 6.07) is 8.71. The van der Waals surface area contributed by atoms with Gasteiger partial charge in [0.15, 0.2) is 5.96 Å². The van der Waals surface area contributed by atoms with E-state index < -0.39 is 0 Å². The number of rotatable bonds is 11. The Bertz CT molecular complexity index is 551. The maximum absolute atomic E-state index is 5.48. The van der Waals surface area contributed by atoms with Crippen LogP contribution in [0.15, 0.2) is 29.3 Å². The van der Waals surface area contributed by atoms with E-state index in [1.54, 1.807) is 7.11 Å². The Hall–Kier alpha value is -0.900. The lowest BCUT2D eigenvalue weighted by atomic mass is 10.0. The average Bonchev–Trinajstić information content (AvgIpc) is 2.71. The van der Waals surface area contributed by atoms with E-state index in [0.29, 0.717) is 13.2 Å². The van der Waals surface area contributed by atoms with Crippen molar-refractivity contribution >= 4 is 29.9 Å². The molecule has 1 aliphatic heterocycles. The Morgan fingerprint density at radius 2 is 1.79 bits per heavy atom. The maximum atomic E-state index is 5.48. The molecule has 0 aliphatic carbocycles. The van der Waals surface area contributed by atoms with E-state index in [4.69, 9.17) is 9.47 Å². The van der Waals surface area contributed by atoms with Crippen molar-refractivity contribution in [3.8, 4) is 0 Å². The standard InChI is InChI=1S/C21H36N4O2.HI/c1-22-21(23-11-8-14-27-16-15-26-2)24-17-19-9-4-5-10-20(19)18-25-12-6-3-7-13-25;/h4-5,9-10H,3,6-8,11-18H2,1-2H3,(H2,22,23,24);1H. The zero-order chi connectivity index (χ0) is 19.2. The molecular formula is C21H37IN4O2. The SMILES string of the molecule is CN=C(NCCCOCCOC)NCc1ccccc1CN1CCCCC1.I. The Kier molecular flexibility index (Phi) is 14.3. The average molecular weight is 504 g/mol. The van der Waals surface area contributed by atoms with E-state index in [0.717, 1.165) is 38.6 Å². The molecule has 7 heteroatoms. The van der Waals surface area contributed by atoms with Crippen molar-refractivity contribution in [2.24, 2.45) is 4.99 Å². The summed E-state index contributed by atoms with van der Waals surface area (Å²) in [4.78, 5) is 6.89. The van der Waals surface area contributed by atoms with E-state index in [2.05, 4.69) is 44.8 Å². The number of guanidine groups is 1. The third-order valence-electron chi connectivity index (χ3n) is 4.82. The van der Waals surface area contributed by atoms with Crippen LogP contribution >= 0.6 is 24.0 Å². The molecule has 0 bridgehead atoms. The number of hydrogen-bond donors (Lipinski definition) is 2. The normalized spacial score (nSPS) is 15.1. The summed E-state index contributed by atoms with van der Waals surface area (Å²) >= 11 is 0. The number of nitrogens with zero attached hydrogens (tertiary/aromatic N) is 2. The molecule has 1 fully saturated rings. The minimum atomic E-state index is 0. The largest absolute Gasteiger partial charge is 0.382 e. The lowest BCUT2D eigenvalue weighted by molar-refractivity contribution is 0.0698. The Balaban J connectivity index is 0.00000392. The van der Waals surface area contributed by atoms with Gasteiger partial charge in [-0.1, -0.05) is 30.7 Å². The quantitative estimate of drug-likeness (QED) is 0.210. The molecule has 0 atom stereocenters. The summed E-state index contributed by atoms with van der Waals surface area (Å²) in [5.41, 5.74) is 2.75. The first kappa shape index (κ1) is 25.1. The summed E-state index contributed by atoms with van der Waals surface area (Å²) in [5, 5.41) is 6.78. The van der Waals surface area contributed by atoms with Gasteiger partial charge in [-0.3, -0.25) is 9.89 Å². The molecule has 1 saturated heterocycles. The predicted octanol–water partition coefficient (Wildman–Crippen LogP) is 3.01. The minimum Gasteiger partial charge on any atom is -0.382 e. The highest BCUT2D eigenvalue weighted by atomic mass is 127. The number of methoxy groups -OCH3 is 1. The van der Waals surface area contributed by atoms with Crippen molar-refractivity contribution in [3.63, 3.8) is 0 Å². The van der Waals surface area contributed by atoms with E-state index >= 15 is 0 Å². The number of nitrogens with one attached hydrogen (secondary N) is 2. The van der Waals surface area contributed by atoms with Crippen LogP contribution in [0.25, 0.3) is 0 Å². The topological polar surface area (TPSA) is 58.1 Å². The molecule has 1 aliphatic rings. The fourth-order valence-electron chi connectivity index (χ4n) is 3.27. The van der Waals surface area contributed by atoms with Crippen LogP contribution in [0.4, 0.5) is 0 Å². The first-order chi connectivity index (χ1) is 13.3. The van der Waals surface area contributed by atoms with Crippen molar-refractivity contribution in [1.82, 2.24) is 15.5 Å². The molecule has 0 amide bonds. The van der Waals surface area contributed by atoms with Gasteiger partial charge in [0.05, 0.1) is 13.2 Å². The van der Waals surface area contributed by atoms with Crippen molar-refractivity contribution < 1.29 is 9.47 Å². The summed E-state index contributed by atoms with van der Waals surface area (Å²) in [6.07, 6.45) is 4.97. The van der Waals surface area contributed by atoms with Crippen LogP contribution in [-0.2, 0) is 22.6 Å². The lowest BCUT2D eigenvalue weighted by Gasteiger charge is -2.27. The van der Waals surface area contributed by atoms with Crippen LogP contribution in [0.3, 0.4) is 0 Å². The molecule has 0 unspecified atom stereocenters. The van der Waals surface area contributed by atoms with Crippen LogP contribution in [0, 0.1) is 0 Å². The van der Waals surface area contributed by atoms with E-state index in [1.807, 2.05) is 7.05 Å². The van der Waals surface area contributed by atoms with Crippen molar-refractivity contribution in [2.45, 2.75) is 38.8 Å². The number of hydrogen-bond acceptors (Lipinski definition) is 4. The third-order valence-corrected chi connectivity index (χ3v) is 4.82. The Morgan fingerprint density at radius 3 is 2.50 bits per heavy atom. The molecule has 1 aromatic rings. The first-order valence-electron chi connectivity index (χ1n) is 10.1. The number of halogens is 1. The molecule has 28 heavy (non-hydrogen) atoms. The van der Waals surface area contributed by atoms with Gasteiger partial charge in [0.1, 0.15) is 0 Å². The van der Waals surface area contributed by atoms with Gasteiger partial charge in [0.2, 0.25) is 0 Å². The number of likely N-dealkylation sites (tertiary alicyclic amines) is 1. The van der Waals surface area contributed by atoms with E-state index in [1.165, 1.54) is 43.5 Å². The molecule has 0 saturated carbocycles. The van der Waals surface area contributed by atoms with Gasteiger partial charge < -0.3 is 20.1 Å². The fraction of sp³-hybridized carbons (Fsp3) is 0.667. The van der Waals surface area contributed by atoms with E-state index in [-0.39, 0.29) is 24.0 Å². The number of aliphatic imine (C=N–C) groups is 1. The molecule has 0 aromatic heterocycles. The van der Waals surface area contributed by atoms with Gasteiger partial charge in [-0.2, -0.15) is 0 Å². The second-order valence-electron chi connectivity index (χ2n) is 6.92. The highest BCUT2D eigenvalue weighted by Gasteiger charge is 2.12. The van der Waals surface area contributed by atoms with Gasteiger partial charge in [-0.05, 0) is 43.5 Å². The summed E-state index contributed by atoms with van der Waals surface area (Å²) in [5.74, 6) is 0.833. The number of benzene rings is 1. The van der Waals surface area contributed by atoms with Gasteiger partial charge in [-0.15, -0.1) is 24.0 Å². The molecule has 2 N–H and O–H groups in total. The summed E-state index contributed by atoms with van der Waals surface area (Å²) in [7, 11) is 3.50. The second-order valence-corrected chi connectivity index (χ2v) is 6.92. The molecule has 1 aromatic carbocycles. The first-order valence-corrected chi connectivity index (χ1v) is 10.1. The molecular weight excluding hydrogens is 467 g/mol. The van der Waals surface area contributed by atoms with Crippen LogP contribution < -0.4 is 10.6 Å². The van der Waals surface area contributed by atoms with Crippen LogP contribution in [0.2, 0.25) is 0 Å². The fourth-order valence-corrected chi connectivity index (χ4v) is 3.27. The molecule has 2 rings (SSSR count). The molecule has 0 radical (unpaired) electrons. The van der Waals surface area contributed by atoms with Crippen LogP contribution in [0.1, 0.15) is 36.8 Å². The molecule has 1 heterocycles. The van der Waals surface area contributed by atoms with Crippen LogP contribution in [-0.4, -0.2) is 64.5 Å². The molecule has 160 valence electrons. The highest BCUT2D eigenvalue weighted by Crippen LogP contribution is 2.16. The van der Waals surface area contributed by atoms with Crippen molar-refractivity contribution in [1.29, 1.82) is 0 Å². The van der Waals surface area contributed by atoms with E-state index in [9.17, 15) is 0 Å². The zero-order valence-electron chi connectivity index (χ0n) is 17.4. The minimum absolute atomic E-state index is 0.